The summed E-state index contributed by atoms with van der Waals surface area (Å²) in [4.78, 5) is 17.9. The standard InChI is InChI=1S/C21H23Cl2N3O2/c22-11-13-25(14-12-23)17-9-10-19-18(15-17)24-20(7-4-8-21(27)28)26(19)16-5-2-1-3-6-16/h1-3,5-6,9-10,15H,4,7-8,11-14H2,(H,27,28). The number of nitrogens with zero attached hydrogens (tertiary/aromatic N) is 3. The van der Waals surface area contributed by atoms with Gasteiger partial charge in [-0.05, 0) is 36.8 Å². The maximum absolute atomic E-state index is 10.9. The molecule has 28 heavy (non-hydrogen) atoms. The lowest BCUT2D eigenvalue weighted by molar-refractivity contribution is -0.137. The van der Waals surface area contributed by atoms with Gasteiger partial charge in [-0.15, -0.1) is 23.2 Å². The van der Waals surface area contributed by atoms with Crippen LogP contribution in [0.5, 0.6) is 0 Å². The third-order valence-electron chi connectivity index (χ3n) is 4.59. The van der Waals surface area contributed by atoms with Gasteiger partial charge in [-0.25, -0.2) is 4.98 Å². The molecule has 0 spiro atoms. The molecule has 0 aliphatic rings. The van der Waals surface area contributed by atoms with E-state index in [1.165, 1.54) is 0 Å². The van der Waals surface area contributed by atoms with Gasteiger partial charge in [-0.1, -0.05) is 18.2 Å². The fourth-order valence-electron chi connectivity index (χ4n) is 3.32. The highest BCUT2D eigenvalue weighted by molar-refractivity contribution is 6.18. The molecule has 0 saturated heterocycles. The summed E-state index contributed by atoms with van der Waals surface area (Å²) in [6.45, 7) is 1.43. The second-order valence-corrected chi connectivity index (χ2v) is 7.24. The molecular weight excluding hydrogens is 397 g/mol. The van der Waals surface area contributed by atoms with E-state index >= 15 is 0 Å². The highest BCUT2D eigenvalue weighted by atomic mass is 35.5. The van der Waals surface area contributed by atoms with Gasteiger partial charge in [-0.3, -0.25) is 9.36 Å². The van der Waals surface area contributed by atoms with E-state index in [0.29, 0.717) is 37.7 Å². The molecule has 1 heterocycles. The quantitative estimate of drug-likeness (QED) is 0.483. The minimum absolute atomic E-state index is 0.127. The minimum Gasteiger partial charge on any atom is -0.481 e. The molecule has 148 valence electrons. The maximum Gasteiger partial charge on any atom is 0.303 e. The van der Waals surface area contributed by atoms with Crippen LogP contribution >= 0.6 is 23.2 Å². The summed E-state index contributed by atoms with van der Waals surface area (Å²) in [5, 5.41) is 8.96. The van der Waals surface area contributed by atoms with Crippen molar-refractivity contribution >= 4 is 45.9 Å². The monoisotopic (exact) mass is 419 g/mol. The second-order valence-electron chi connectivity index (χ2n) is 6.48. The van der Waals surface area contributed by atoms with E-state index in [0.717, 1.165) is 28.2 Å². The van der Waals surface area contributed by atoms with Crippen molar-refractivity contribution in [2.75, 3.05) is 29.7 Å². The van der Waals surface area contributed by atoms with Gasteiger partial charge in [-0.2, -0.15) is 0 Å². The van der Waals surface area contributed by atoms with Crippen LogP contribution in [0.3, 0.4) is 0 Å². The first-order valence-corrected chi connectivity index (χ1v) is 10.4. The third kappa shape index (κ3) is 4.78. The van der Waals surface area contributed by atoms with Gasteiger partial charge in [0.15, 0.2) is 0 Å². The van der Waals surface area contributed by atoms with Crippen LogP contribution in [0.1, 0.15) is 18.7 Å². The number of carboxylic acid groups (broad SMARTS) is 1. The molecule has 2 aromatic carbocycles. The SMILES string of the molecule is O=C(O)CCCc1nc2cc(N(CCCl)CCCl)ccc2n1-c1ccccc1. The minimum atomic E-state index is -0.789. The second kappa shape index (κ2) is 9.80. The van der Waals surface area contributed by atoms with E-state index < -0.39 is 5.97 Å². The normalized spacial score (nSPS) is 11.1. The smallest absolute Gasteiger partial charge is 0.303 e. The maximum atomic E-state index is 10.9. The Morgan fingerprint density at radius 3 is 2.43 bits per heavy atom. The highest BCUT2D eigenvalue weighted by Crippen LogP contribution is 2.27. The van der Waals surface area contributed by atoms with Crippen LogP contribution in [-0.4, -0.2) is 45.5 Å². The summed E-state index contributed by atoms with van der Waals surface area (Å²) in [6.07, 6.45) is 1.27. The lowest BCUT2D eigenvalue weighted by Crippen LogP contribution is -2.27. The lowest BCUT2D eigenvalue weighted by atomic mass is 10.2. The summed E-state index contributed by atoms with van der Waals surface area (Å²) < 4.78 is 2.11. The van der Waals surface area contributed by atoms with E-state index in [-0.39, 0.29) is 6.42 Å². The molecule has 1 N–H and O–H groups in total. The molecule has 0 radical (unpaired) electrons. The summed E-state index contributed by atoms with van der Waals surface area (Å²) in [5.74, 6) is 1.12. The fourth-order valence-corrected chi connectivity index (χ4v) is 3.73. The number of carboxylic acids is 1. The number of aryl methyl sites for hydroxylation is 1. The van der Waals surface area contributed by atoms with E-state index in [1.54, 1.807) is 0 Å². The van der Waals surface area contributed by atoms with Gasteiger partial charge in [0, 0.05) is 49.1 Å². The Labute approximate surface area is 174 Å². The number of hydrogen-bond donors (Lipinski definition) is 1. The number of aliphatic carboxylic acids is 1. The molecule has 3 rings (SSSR count). The zero-order valence-corrected chi connectivity index (χ0v) is 17.0. The Kier molecular flexibility index (Phi) is 7.18. The molecule has 1 aromatic heterocycles. The number of halogens is 2. The molecule has 0 saturated carbocycles. The van der Waals surface area contributed by atoms with E-state index in [4.69, 9.17) is 33.3 Å². The van der Waals surface area contributed by atoms with Crippen LogP contribution in [0.2, 0.25) is 0 Å². The van der Waals surface area contributed by atoms with Gasteiger partial charge in [0.05, 0.1) is 11.0 Å². The Balaban J connectivity index is 2.03. The van der Waals surface area contributed by atoms with Gasteiger partial charge >= 0.3 is 5.97 Å². The summed E-state index contributed by atoms with van der Waals surface area (Å²) >= 11 is 11.9. The van der Waals surface area contributed by atoms with Crippen molar-refractivity contribution in [3.05, 3.63) is 54.4 Å². The number of hydrogen-bond acceptors (Lipinski definition) is 3. The zero-order valence-electron chi connectivity index (χ0n) is 15.5. The van der Waals surface area contributed by atoms with Gasteiger partial charge < -0.3 is 10.0 Å². The van der Waals surface area contributed by atoms with E-state index in [9.17, 15) is 4.79 Å². The van der Waals surface area contributed by atoms with Crippen molar-refractivity contribution in [1.82, 2.24) is 9.55 Å². The first-order chi connectivity index (χ1) is 13.6. The van der Waals surface area contributed by atoms with Crippen LogP contribution in [0.25, 0.3) is 16.7 Å². The molecular formula is C21H23Cl2N3O2. The molecule has 0 aliphatic carbocycles. The first-order valence-electron chi connectivity index (χ1n) is 9.29. The number of aromatic nitrogens is 2. The number of benzene rings is 2. The van der Waals surface area contributed by atoms with Gasteiger partial charge in [0.1, 0.15) is 5.82 Å². The number of rotatable bonds is 10. The highest BCUT2D eigenvalue weighted by Gasteiger charge is 2.15. The number of imidazole rings is 1. The largest absolute Gasteiger partial charge is 0.481 e. The predicted octanol–water partition coefficient (Wildman–Crippen LogP) is 4.72. The van der Waals surface area contributed by atoms with Crippen LogP contribution < -0.4 is 4.90 Å². The molecule has 0 fully saturated rings. The molecule has 0 amide bonds. The predicted molar refractivity (Wildman–Crippen MR) is 115 cm³/mol. The average molecular weight is 420 g/mol. The summed E-state index contributed by atoms with van der Waals surface area (Å²) in [6, 6.07) is 16.2. The van der Waals surface area contributed by atoms with Gasteiger partial charge in [0.25, 0.3) is 0 Å². The molecule has 0 atom stereocenters. The number of para-hydroxylation sites is 1. The number of anilines is 1. The molecule has 3 aromatic rings. The van der Waals surface area contributed by atoms with Crippen LogP contribution in [0.4, 0.5) is 5.69 Å². The zero-order chi connectivity index (χ0) is 19.9. The van der Waals surface area contributed by atoms with E-state index in [2.05, 4.69) is 27.7 Å². The van der Waals surface area contributed by atoms with Crippen molar-refractivity contribution in [2.24, 2.45) is 0 Å². The van der Waals surface area contributed by atoms with Crippen molar-refractivity contribution in [2.45, 2.75) is 19.3 Å². The first kappa shape index (κ1) is 20.5. The van der Waals surface area contributed by atoms with Crippen molar-refractivity contribution in [1.29, 1.82) is 0 Å². The van der Waals surface area contributed by atoms with Crippen LogP contribution in [0, 0.1) is 0 Å². The fraction of sp³-hybridized carbons (Fsp3) is 0.333. The van der Waals surface area contributed by atoms with E-state index in [1.807, 2.05) is 30.3 Å². The number of alkyl halides is 2. The molecule has 5 nitrogen and oxygen atoms in total. The average Bonchev–Trinajstić information content (AvgIpc) is 3.05. The summed E-state index contributed by atoms with van der Waals surface area (Å²) in [5.41, 5.74) is 3.92. The van der Waals surface area contributed by atoms with Crippen molar-refractivity contribution in [3.8, 4) is 5.69 Å². The lowest BCUT2D eigenvalue weighted by Gasteiger charge is -2.22. The number of carbonyl (C=O) groups is 1. The van der Waals surface area contributed by atoms with Crippen molar-refractivity contribution in [3.63, 3.8) is 0 Å². The Morgan fingerprint density at radius 1 is 1.07 bits per heavy atom. The number of fused-ring (bicyclic) bond motifs is 1. The molecule has 0 aliphatic heterocycles. The molecule has 0 bridgehead atoms. The molecule has 7 heteroatoms. The Morgan fingerprint density at radius 2 is 1.79 bits per heavy atom. The van der Waals surface area contributed by atoms with Gasteiger partial charge in [0.2, 0.25) is 0 Å². The topological polar surface area (TPSA) is 58.4 Å². The van der Waals surface area contributed by atoms with Crippen molar-refractivity contribution < 1.29 is 9.90 Å². The third-order valence-corrected chi connectivity index (χ3v) is 4.93. The Hall–Kier alpha value is -2.24. The molecule has 0 unspecified atom stereocenters. The summed E-state index contributed by atoms with van der Waals surface area (Å²) in [7, 11) is 0. The van der Waals surface area contributed by atoms with Crippen LogP contribution in [0.15, 0.2) is 48.5 Å². The Bertz CT molecular complexity index is 922. The van der Waals surface area contributed by atoms with Crippen LogP contribution in [-0.2, 0) is 11.2 Å².